The van der Waals surface area contributed by atoms with Gasteiger partial charge < -0.3 is 10.1 Å². The molecule has 112 valence electrons. The van der Waals surface area contributed by atoms with E-state index in [9.17, 15) is 8.78 Å². The SMILES string of the molecule is CCCNC(C)c1ccnc(Oc2cccc(F)c2F)c1. The number of nitrogens with one attached hydrogen (secondary N) is 1. The third kappa shape index (κ3) is 3.98. The van der Waals surface area contributed by atoms with Gasteiger partial charge in [0, 0.05) is 18.3 Å². The smallest absolute Gasteiger partial charge is 0.219 e. The van der Waals surface area contributed by atoms with Crippen LogP contribution < -0.4 is 10.1 Å². The Labute approximate surface area is 123 Å². The van der Waals surface area contributed by atoms with Gasteiger partial charge in [0.15, 0.2) is 11.6 Å². The summed E-state index contributed by atoms with van der Waals surface area (Å²) in [5.41, 5.74) is 0.977. The third-order valence-corrected chi connectivity index (χ3v) is 3.09. The fourth-order valence-electron chi connectivity index (χ4n) is 1.90. The van der Waals surface area contributed by atoms with Crippen molar-refractivity contribution in [3.8, 4) is 11.6 Å². The van der Waals surface area contributed by atoms with E-state index in [1.54, 1.807) is 12.3 Å². The Morgan fingerprint density at radius 3 is 2.86 bits per heavy atom. The molecule has 1 N–H and O–H groups in total. The molecule has 0 bridgehead atoms. The molecule has 1 heterocycles. The Morgan fingerprint density at radius 1 is 1.29 bits per heavy atom. The Kier molecular flexibility index (Phi) is 5.22. The van der Waals surface area contributed by atoms with E-state index >= 15 is 0 Å². The van der Waals surface area contributed by atoms with Crippen LogP contribution in [0.3, 0.4) is 0 Å². The molecule has 1 aromatic carbocycles. The van der Waals surface area contributed by atoms with Gasteiger partial charge in [-0.3, -0.25) is 0 Å². The van der Waals surface area contributed by atoms with Gasteiger partial charge in [-0.05, 0) is 43.7 Å². The van der Waals surface area contributed by atoms with Crippen molar-refractivity contribution in [2.45, 2.75) is 26.3 Å². The number of halogens is 2. The maximum absolute atomic E-state index is 13.6. The minimum absolute atomic E-state index is 0.132. The van der Waals surface area contributed by atoms with Crippen LogP contribution in [-0.2, 0) is 0 Å². The zero-order valence-corrected chi connectivity index (χ0v) is 12.1. The van der Waals surface area contributed by atoms with E-state index < -0.39 is 11.6 Å². The van der Waals surface area contributed by atoms with Crippen LogP contribution >= 0.6 is 0 Å². The first-order chi connectivity index (χ1) is 10.1. The average molecular weight is 292 g/mol. The molecular formula is C16H18F2N2O. The molecule has 1 atom stereocenters. The molecule has 2 aromatic rings. The lowest BCUT2D eigenvalue weighted by Crippen LogP contribution is -2.19. The molecule has 0 saturated carbocycles. The quantitative estimate of drug-likeness (QED) is 0.866. The lowest BCUT2D eigenvalue weighted by molar-refractivity contribution is 0.404. The van der Waals surface area contributed by atoms with Gasteiger partial charge >= 0.3 is 0 Å². The standard InChI is InChI=1S/C16H18F2N2O/c1-3-8-19-11(2)12-7-9-20-15(10-12)21-14-6-4-5-13(17)16(14)18/h4-7,9-11,19H,3,8H2,1-2H3. The van der Waals surface area contributed by atoms with Crippen molar-refractivity contribution in [3.05, 3.63) is 53.7 Å². The molecule has 3 nitrogen and oxygen atoms in total. The van der Waals surface area contributed by atoms with Crippen molar-refractivity contribution in [2.75, 3.05) is 6.54 Å². The normalized spacial score (nSPS) is 12.2. The van der Waals surface area contributed by atoms with Crippen LogP contribution in [0.15, 0.2) is 36.5 Å². The summed E-state index contributed by atoms with van der Waals surface area (Å²) in [5, 5.41) is 3.34. The lowest BCUT2D eigenvalue weighted by atomic mass is 10.1. The topological polar surface area (TPSA) is 34.2 Å². The van der Waals surface area contributed by atoms with E-state index in [0.29, 0.717) is 0 Å². The second-order valence-corrected chi connectivity index (χ2v) is 4.76. The van der Waals surface area contributed by atoms with E-state index in [1.165, 1.54) is 12.1 Å². The van der Waals surface area contributed by atoms with E-state index in [0.717, 1.165) is 24.6 Å². The van der Waals surface area contributed by atoms with Crippen LogP contribution in [0.1, 0.15) is 31.9 Å². The molecule has 0 aliphatic carbocycles. The van der Waals surface area contributed by atoms with Crippen LogP contribution in [0.25, 0.3) is 0 Å². The second kappa shape index (κ2) is 7.13. The van der Waals surface area contributed by atoms with Crippen LogP contribution in [0, 0.1) is 11.6 Å². The predicted molar refractivity (Wildman–Crippen MR) is 77.4 cm³/mol. The molecule has 0 radical (unpaired) electrons. The summed E-state index contributed by atoms with van der Waals surface area (Å²) in [6.07, 6.45) is 2.62. The molecule has 1 aromatic heterocycles. The van der Waals surface area contributed by atoms with Crippen molar-refractivity contribution in [1.29, 1.82) is 0 Å². The first-order valence-electron chi connectivity index (χ1n) is 6.93. The summed E-state index contributed by atoms with van der Waals surface area (Å²) in [7, 11) is 0. The Balaban J connectivity index is 2.16. The highest BCUT2D eigenvalue weighted by Crippen LogP contribution is 2.26. The number of benzene rings is 1. The van der Waals surface area contributed by atoms with Crippen LogP contribution in [0.2, 0.25) is 0 Å². The number of hydrogen-bond donors (Lipinski definition) is 1. The van der Waals surface area contributed by atoms with E-state index in [4.69, 9.17) is 4.74 Å². The highest BCUT2D eigenvalue weighted by molar-refractivity contribution is 5.31. The highest BCUT2D eigenvalue weighted by atomic mass is 19.2. The van der Waals surface area contributed by atoms with Crippen molar-refractivity contribution >= 4 is 0 Å². The van der Waals surface area contributed by atoms with Crippen molar-refractivity contribution < 1.29 is 13.5 Å². The van der Waals surface area contributed by atoms with E-state index in [-0.39, 0.29) is 17.7 Å². The Bertz CT molecular complexity index is 605. The van der Waals surface area contributed by atoms with Gasteiger partial charge in [0.2, 0.25) is 11.7 Å². The monoisotopic (exact) mass is 292 g/mol. The summed E-state index contributed by atoms with van der Waals surface area (Å²) in [5.74, 6) is -1.89. The zero-order valence-electron chi connectivity index (χ0n) is 12.1. The van der Waals surface area contributed by atoms with Gasteiger partial charge in [-0.2, -0.15) is 4.39 Å². The summed E-state index contributed by atoms with van der Waals surface area (Å²) in [4.78, 5) is 4.03. The maximum Gasteiger partial charge on any atom is 0.219 e. The fourth-order valence-corrected chi connectivity index (χ4v) is 1.90. The molecular weight excluding hydrogens is 274 g/mol. The van der Waals surface area contributed by atoms with Crippen LogP contribution in [0.5, 0.6) is 11.6 Å². The number of ether oxygens (including phenoxy) is 1. The maximum atomic E-state index is 13.6. The van der Waals surface area contributed by atoms with Gasteiger partial charge in [-0.15, -0.1) is 0 Å². The number of aromatic nitrogens is 1. The third-order valence-electron chi connectivity index (χ3n) is 3.09. The molecule has 0 saturated heterocycles. The van der Waals surface area contributed by atoms with Gasteiger partial charge in [0.1, 0.15) is 0 Å². The number of rotatable bonds is 6. The summed E-state index contributed by atoms with van der Waals surface area (Å²) in [6, 6.07) is 7.52. The molecule has 0 fully saturated rings. The highest BCUT2D eigenvalue weighted by Gasteiger charge is 2.11. The lowest BCUT2D eigenvalue weighted by Gasteiger charge is -2.14. The second-order valence-electron chi connectivity index (χ2n) is 4.76. The summed E-state index contributed by atoms with van der Waals surface area (Å²) in [6.45, 7) is 5.02. The van der Waals surface area contributed by atoms with Gasteiger partial charge in [0.05, 0.1) is 0 Å². The van der Waals surface area contributed by atoms with Gasteiger partial charge in [0.25, 0.3) is 0 Å². The Morgan fingerprint density at radius 2 is 2.10 bits per heavy atom. The van der Waals surface area contributed by atoms with Gasteiger partial charge in [-0.25, -0.2) is 9.37 Å². The molecule has 0 aliphatic heterocycles. The minimum atomic E-state index is -1.01. The Hall–Kier alpha value is -2.01. The summed E-state index contributed by atoms with van der Waals surface area (Å²) >= 11 is 0. The predicted octanol–water partition coefficient (Wildman–Crippen LogP) is 4.21. The van der Waals surface area contributed by atoms with Crippen LogP contribution in [0.4, 0.5) is 8.78 Å². The number of hydrogen-bond acceptors (Lipinski definition) is 3. The van der Waals surface area contributed by atoms with Crippen LogP contribution in [-0.4, -0.2) is 11.5 Å². The average Bonchev–Trinajstić information content (AvgIpc) is 2.50. The molecule has 5 heteroatoms. The summed E-state index contributed by atoms with van der Waals surface area (Å²) < 4.78 is 32.0. The first kappa shape index (κ1) is 15.4. The van der Waals surface area contributed by atoms with Crippen molar-refractivity contribution in [2.24, 2.45) is 0 Å². The molecule has 2 rings (SSSR count). The molecule has 1 unspecified atom stereocenters. The number of nitrogens with zero attached hydrogens (tertiary/aromatic N) is 1. The van der Waals surface area contributed by atoms with E-state index in [2.05, 4.69) is 17.2 Å². The molecule has 0 amide bonds. The minimum Gasteiger partial charge on any atom is -0.436 e. The van der Waals surface area contributed by atoms with Crippen molar-refractivity contribution in [3.63, 3.8) is 0 Å². The van der Waals surface area contributed by atoms with Crippen molar-refractivity contribution in [1.82, 2.24) is 10.3 Å². The molecule has 0 aliphatic rings. The fraction of sp³-hybridized carbons (Fsp3) is 0.312. The first-order valence-corrected chi connectivity index (χ1v) is 6.93. The van der Waals surface area contributed by atoms with E-state index in [1.807, 2.05) is 13.0 Å². The van der Waals surface area contributed by atoms with Gasteiger partial charge in [-0.1, -0.05) is 13.0 Å². The number of pyridine rings is 1. The molecule has 0 spiro atoms. The zero-order chi connectivity index (χ0) is 15.2. The molecule has 21 heavy (non-hydrogen) atoms. The largest absolute Gasteiger partial charge is 0.436 e.